The Morgan fingerprint density at radius 1 is 1.07 bits per heavy atom. The van der Waals surface area contributed by atoms with Crippen molar-refractivity contribution in [2.45, 2.75) is 20.4 Å². The lowest BCUT2D eigenvalue weighted by atomic mass is 10.1. The van der Waals surface area contributed by atoms with Crippen LogP contribution in [0.1, 0.15) is 13.8 Å². The van der Waals surface area contributed by atoms with Gasteiger partial charge < -0.3 is 13.8 Å². The van der Waals surface area contributed by atoms with Crippen LogP contribution in [0.5, 0.6) is 5.75 Å². The van der Waals surface area contributed by atoms with Gasteiger partial charge in [0, 0.05) is 23.7 Å². The summed E-state index contributed by atoms with van der Waals surface area (Å²) in [5.74, 6) is 1.44. The molecule has 0 aliphatic rings. The number of para-hydroxylation sites is 1. The van der Waals surface area contributed by atoms with E-state index in [0.717, 1.165) is 23.4 Å². The average Bonchev–Trinajstić information content (AvgIpc) is 3.19. The molecule has 0 atom stereocenters. The molecule has 4 rings (SSSR count). The summed E-state index contributed by atoms with van der Waals surface area (Å²) in [7, 11) is 0. The Labute approximate surface area is 156 Å². The molecule has 4 aromatic rings. The van der Waals surface area contributed by atoms with Crippen molar-refractivity contribution < 1.29 is 9.26 Å². The van der Waals surface area contributed by atoms with Crippen LogP contribution in [-0.4, -0.2) is 21.3 Å². The van der Waals surface area contributed by atoms with Gasteiger partial charge in [0.1, 0.15) is 11.3 Å². The van der Waals surface area contributed by atoms with E-state index in [4.69, 9.17) is 9.26 Å². The first-order chi connectivity index (χ1) is 13.2. The van der Waals surface area contributed by atoms with Gasteiger partial charge in [-0.15, -0.1) is 0 Å². The van der Waals surface area contributed by atoms with Gasteiger partial charge in [0.25, 0.3) is 5.89 Å². The molecule has 6 nitrogen and oxygen atoms in total. The summed E-state index contributed by atoms with van der Waals surface area (Å²) in [5, 5.41) is 4.68. The molecule has 0 spiro atoms. The van der Waals surface area contributed by atoms with Crippen molar-refractivity contribution >= 4 is 10.9 Å². The number of hydrogen-bond acceptors (Lipinski definition) is 5. The third-order valence-corrected chi connectivity index (χ3v) is 4.41. The smallest absolute Gasteiger partial charge is 0.263 e. The van der Waals surface area contributed by atoms with E-state index >= 15 is 0 Å². The number of aryl methyl sites for hydroxylation is 1. The Bertz CT molecular complexity index is 1140. The largest absolute Gasteiger partial charge is 0.494 e. The first-order valence-corrected chi connectivity index (χ1v) is 8.90. The third kappa shape index (κ3) is 3.10. The number of rotatable bonds is 5. The second-order valence-corrected chi connectivity index (χ2v) is 6.06. The molecule has 0 N–H and O–H groups in total. The third-order valence-electron chi connectivity index (χ3n) is 4.41. The zero-order chi connectivity index (χ0) is 18.8. The summed E-state index contributed by atoms with van der Waals surface area (Å²) < 4.78 is 12.9. The van der Waals surface area contributed by atoms with Gasteiger partial charge >= 0.3 is 0 Å². The molecule has 136 valence electrons. The second-order valence-electron chi connectivity index (χ2n) is 6.06. The average molecular weight is 361 g/mol. The highest BCUT2D eigenvalue weighted by Crippen LogP contribution is 2.24. The standard InChI is InChI=1S/C21H19N3O3/c1-3-24-13-17(19(25)16-7-5-6-8-18(16)24)21-22-20(23-27-21)14-9-11-15(12-10-14)26-4-2/h5-13H,3-4H2,1-2H3. The first-order valence-electron chi connectivity index (χ1n) is 8.90. The highest BCUT2D eigenvalue weighted by atomic mass is 16.5. The molecule has 6 heteroatoms. The van der Waals surface area contributed by atoms with E-state index in [9.17, 15) is 4.79 Å². The van der Waals surface area contributed by atoms with E-state index in [0.29, 0.717) is 23.4 Å². The SMILES string of the molecule is CCOc1ccc(-c2noc(-c3cn(CC)c4ccccc4c3=O)n2)cc1. The number of pyridine rings is 1. The molecule has 0 bridgehead atoms. The van der Waals surface area contributed by atoms with Gasteiger partial charge in [-0.05, 0) is 50.2 Å². The van der Waals surface area contributed by atoms with E-state index in [2.05, 4.69) is 10.1 Å². The van der Waals surface area contributed by atoms with Crippen molar-refractivity contribution in [3.8, 4) is 28.6 Å². The molecule has 27 heavy (non-hydrogen) atoms. The highest BCUT2D eigenvalue weighted by molar-refractivity contribution is 5.82. The molecule has 0 amide bonds. The lowest BCUT2D eigenvalue weighted by molar-refractivity contribution is 0.340. The van der Waals surface area contributed by atoms with Gasteiger partial charge in [-0.2, -0.15) is 4.98 Å². The fourth-order valence-corrected chi connectivity index (χ4v) is 3.08. The quantitative estimate of drug-likeness (QED) is 0.534. The first kappa shape index (κ1) is 17.0. The number of nitrogens with zero attached hydrogens (tertiary/aromatic N) is 3. The molecular weight excluding hydrogens is 342 g/mol. The van der Waals surface area contributed by atoms with E-state index in [1.165, 1.54) is 0 Å². The topological polar surface area (TPSA) is 70.2 Å². The van der Waals surface area contributed by atoms with Crippen molar-refractivity contribution in [3.63, 3.8) is 0 Å². The number of aromatic nitrogens is 3. The van der Waals surface area contributed by atoms with Crippen LogP contribution in [0.25, 0.3) is 33.7 Å². The predicted molar refractivity (Wildman–Crippen MR) is 104 cm³/mol. The Kier molecular flexibility index (Phi) is 4.46. The van der Waals surface area contributed by atoms with Gasteiger partial charge in [0.15, 0.2) is 0 Å². The summed E-state index contributed by atoms with van der Waals surface area (Å²) in [6.07, 6.45) is 1.78. The predicted octanol–water partition coefficient (Wildman–Crippen LogP) is 4.14. The molecule has 0 saturated carbocycles. The number of hydrogen-bond donors (Lipinski definition) is 0. The van der Waals surface area contributed by atoms with E-state index in [1.54, 1.807) is 6.20 Å². The Morgan fingerprint density at radius 2 is 1.85 bits per heavy atom. The maximum Gasteiger partial charge on any atom is 0.263 e. The Balaban J connectivity index is 1.77. The maximum absolute atomic E-state index is 12.9. The lowest BCUT2D eigenvalue weighted by Gasteiger charge is -2.09. The number of benzene rings is 2. The normalized spacial score (nSPS) is 11.0. The molecule has 0 aliphatic carbocycles. The molecule has 0 aliphatic heterocycles. The Morgan fingerprint density at radius 3 is 2.59 bits per heavy atom. The van der Waals surface area contributed by atoms with Crippen molar-refractivity contribution in [2.75, 3.05) is 6.61 Å². The van der Waals surface area contributed by atoms with E-state index < -0.39 is 0 Å². The van der Waals surface area contributed by atoms with Crippen molar-refractivity contribution in [3.05, 3.63) is 65.0 Å². The minimum atomic E-state index is -0.114. The maximum atomic E-state index is 12.9. The molecule has 2 aromatic heterocycles. The number of ether oxygens (including phenoxy) is 1. The minimum Gasteiger partial charge on any atom is -0.494 e. The molecule has 0 unspecified atom stereocenters. The van der Waals surface area contributed by atoms with Gasteiger partial charge in [0.2, 0.25) is 11.3 Å². The molecular formula is C21H19N3O3. The van der Waals surface area contributed by atoms with Crippen LogP contribution in [0.2, 0.25) is 0 Å². The van der Waals surface area contributed by atoms with Gasteiger partial charge in [-0.3, -0.25) is 4.79 Å². The van der Waals surface area contributed by atoms with Crippen LogP contribution < -0.4 is 10.2 Å². The summed E-state index contributed by atoms with van der Waals surface area (Å²) in [5.41, 5.74) is 1.97. The fraction of sp³-hybridized carbons (Fsp3) is 0.190. The monoisotopic (exact) mass is 361 g/mol. The molecule has 2 aromatic carbocycles. The fourth-order valence-electron chi connectivity index (χ4n) is 3.08. The highest BCUT2D eigenvalue weighted by Gasteiger charge is 2.17. The summed E-state index contributed by atoms with van der Waals surface area (Å²) >= 11 is 0. The van der Waals surface area contributed by atoms with Crippen molar-refractivity contribution in [1.29, 1.82) is 0 Å². The van der Waals surface area contributed by atoms with Crippen molar-refractivity contribution in [2.24, 2.45) is 0 Å². The van der Waals surface area contributed by atoms with Gasteiger partial charge in [-0.1, -0.05) is 17.3 Å². The van der Waals surface area contributed by atoms with Crippen LogP contribution >= 0.6 is 0 Å². The minimum absolute atomic E-state index is 0.114. The summed E-state index contributed by atoms with van der Waals surface area (Å²) in [6.45, 7) is 5.30. The van der Waals surface area contributed by atoms with Gasteiger partial charge in [-0.25, -0.2) is 0 Å². The van der Waals surface area contributed by atoms with Crippen LogP contribution in [0.4, 0.5) is 0 Å². The van der Waals surface area contributed by atoms with Crippen molar-refractivity contribution in [1.82, 2.24) is 14.7 Å². The lowest BCUT2D eigenvalue weighted by Crippen LogP contribution is -2.11. The van der Waals surface area contributed by atoms with Crippen LogP contribution in [0.3, 0.4) is 0 Å². The zero-order valence-corrected chi connectivity index (χ0v) is 15.2. The van der Waals surface area contributed by atoms with Gasteiger partial charge in [0.05, 0.1) is 12.1 Å². The van der Waals surface area contributed by atoms with E-state index in [-0.39, 0.29) is 11.3 Å². The summed E-state index contributed by atoms with van der Waals surface area (Å²) in [6, 6.07) is 15.0. The molecule has 0 fully saturated rings. The van der Waals surface area contributed by atoms with Crippen LogP contribution in [-0.2, 0) is 6.54 Å². The van der Waals surface area contributed by atoms with Crippen LogP contribution in [0.15, 0.2) is 64.0 Å². The molecule has 0 radical (unpaired) electrons. The second kappa shape index (κ2) is 7.07. The Hall–Kier alpha value is -3.41. The summed E-state index contributed by atoms with van der Waals surface area (Å²) in [4.78, 5) is 17.3. The van der Waals surface area contributed by atoms with Crippen LogP contribution in [0, 0.1) is 0 Å². The van der Waals surface area contributed by atoms with E-state index in [1.807, 2.05) is 66.9 Å². The molecule has 2 heterocycles. The zero-order valence-electron chi connectivity index (χ0n) is 15.2. The molecule has 0 saturated heterocycles. The number of fused-ring (bicyclic) bond motifs is 1.